The highest BCUT2D eigenvalue weighted by molar-refractivity contribution is 5.88. The van der Waals surface area contributed by atoms with Gasteiger partial charge in [-0.15, -0.1) is 0 Å². The Labute approximate surface area is 166 Å². The van der Waals surface area contributed by atoms with Gasteiger partial charge in [-0.05, 0) is 32.0 Å². The maximum absolute atomic E-state index is 14.0. The monoisotopic (exact) mass is 404 g/mol. The van der Waals surface area contributed by atoms with Gasteiger partial charge in [0.1, 0.15) is 12.1 Å². The number of hydrogen-bond acceptors (Lipinski definition) is 7. The van der Waals surface area contributed by atoms with E-state index >= 15 is 0 Å². The van der Waals surface area contributed by atoms with E-state index in [1.54, 1.807) is 11.9 Å². The number of carbonyl (C=O) groups excluding carboxylic acids is 1. The van der Waals surface area contributed by atoms with Gasteiger partial charge >= 0.3 is 6.03 Å². The zero-order chi connectivity index (χ0) is 21.0. The number of nitrogens with zero attached hydrogens (tertiary/aromatic N) is 5. The van der Waals surface area contributed by atoms with Crippen molar-refractivity contribution >= 4 is 17.5 Å². The molecular formula is C18H21FN6O4. The zero-order valence-corrected chi connectivity index (χ0v) is 16.0. The molecule has 2 heterocycles. The summed E-state index contributed by atoms with van der Waals surface area (Å²) in [7, 11) is 3.76. The van der Waals surface area contributed by atoms with Crippen LogP contribution in [0.2, 0.25) is 0 Å². The lowest BCUT2D eigenvalue weighted by Crippen LogP contribution is -2.36. The van der Waals surface area contributed by atoms with Crippen molar-refractivity contribution < 1.29 is 18.8 Å². The van der Waals surface area contributed by atoms with Crippen molar-refractivity contribution in [3.05, 3.63) is 46.5 Å². The highest BCUT2D eigenvalue weighted by atomic mass is 19.1. The number of non-ortho nitro benzene ring substituents is 1. The molecule has 1 fully saturated rings. The van der Waals surface area contributed by atoms with Crippen LogP contribution in [0.3, 0.4) is 0 Å². The Morgan fingerprint density at radius 2 is 2.24 bits per heavy atom. The van der Waals surface area contributed by atoms with Gasteiger partial charge in [-0.2, -0.15) is 0 Å². The molecule has 0 saturated carbocycles. The number of urea groups is 1. The smallest absolute Gasteiger partial charge is 0.322 e. The predicted octanol–water partition coefficient (Wildman–Crippen LogP) is 2.73. The van der Waals surface area contributed by atoms with Gasteiger partial charge in [0.2, 0.25) is 5.88 Å². The summed E-state index contributed by atoms with van der Waals surface area (Å²) in [5.74, 6) is -0.523. The SMILES string of the molecule is CN1CCC(CN(C)C(=O)Nc2cc(Oc3ccc([N+](=O)[O-])cc3F)ncn2)C1. The topological polar surface area (TPSA) is 114 Å². The van der Waals surface area contributed by atoms with Gasteiger partial charge in [0, 0.05) is 32.3 Å². The van der Waals surface area contributed by atoms with Gasteiger partial charge in [-0.25, -0.2) is 19.2 Å². The number of hydrogen-bond donors (Lipinski definition) is 1. The van der Waals surface area contributed by atoms with Crippen LogP contribution in [0, 0.1) is 21.8 Å². The van der Waals surface area contributed by atoms with Crippen LogP contribution in [-0.4, -0.2) is 64.5 Å². The molecule has 0 spiro atoms. The Kier molecular flexibility index (Phi) is 6.17. The number of nitrogens with one attached hydrogen (secondary N) is 1. The molecule has 10 nitrogen and oxygen atoms in total. The fourth-order valence-electron chi connectivity index (χ4n) is 3.11. The van der Waals surface area contributed by atoms with E-state index in [1.807, 2.05) is 0 Å². The van der Waals surface area contributed by atoms with Crippen molar-refractivity contribution in [2.75, 3.05) is 39.0 Å². The lowest BCUT2D eigenvalue weighted by Gasteiger charge is -2.21. The second-order valence-electron chi connectivity index (χ2n) is 6.94. The molecular weight excluding hydrogens is 383 g/mol. The third-order valence-electron chi connectivity index (χ3n) is 4.59. The molecule has 0 aliphatic carbocycles. The number of nitro groups is 1. The number of rotatable bonds is 6. The standard InChI is InChI=1S/C18H21FN6O4/c1-23-6-5-12(9-23)10-24(2)18(26)22-16-8-17(21-11-20-16)29-15-4-3-13(25(27)28)7-14(15)19/h3-4,7-8,11-12H,5-6,9-10H2,1-2H3,(H,20,21,22,26). The maximum atomic E-state index is 14.0. The van der Waals surface area contributed by atoms with E-state index < -0.39 is 10.7 Å². The van der Waals surface area contributed by atoms with Gasteiger partial charge in [0.05, 0.1) is 11.0 Å². The molecule has 1 aromatic carbocycles. The first-order chi connectivity index (χ1) is 13.8. The van der Waals surface area contributed by atoms with E-state index in [9.17, 15) is 19.3 Å². The van der Waals surface area contributed by atoms with Crippen molar-refractivity contribution in [1.82, 2.24) is 19.8 Å². The van der Waals surface area contributed by atoms with Crippen molar-refractivity contribution in [3.8, 4) is 11.6 Å². The Morgan fingerprint density at radius 1 is 1.45 bits per heavy atom. The third kappa shape index (κ3) is 5.35. The fraction of sp³-hybridized carbons (Fsp3) is 0.389. The van der Waals surface area contributed by atoms with Crippen LogP contribution < -0.4 is 10.1 Å². The molecule has 1 N–H and O–H groups in total. The molecule has 1 aliphatic rings. The first-order valence-electron chi connectivity index (χ1n) is 8.96. The largest absolute Gasteiger partial charge is 0.436 e. The zero-order valence-electron chi connectivity index (χ0n) is 16.0. The average molecular weight is 404 g/mol. The normalized spacial score (nSPS) is 16.4. The summed E-state index contributed by atoms with van der Waals surface area (Å²) in [6.45, 7) is 2.59. The van der Waals surface area contributed by atoms with Crippen LogP contribution in [0.25, 0.3) is 0 Å². The molecule has 29 heavy (non-hydrogen) atoms. The molecule has 2 aromatic rings. The number of carbonyl (C=O) groups is 1. The molecule has 0 bridgehead atoms. The van der Waals surface area contributed by atoms with Gasteiger partial charge in [-0.3, -0.25) is 15.4 Å². The number of nitro benzene ring substituents is 1. The van der Waals surface area contributed by atoms with Crippen molar-refractivity contribution in [3.63, 3.8) is 0 Å². The summed E-state index contributed by atoms with van der Waals surface area (Å²) in [6, 6.07) is 4.04. The lowest BCUT2D eigenvalue weighted by atomic mass is 10.1. The van der Waals surface area contributed by atoms with Crippen LogP contribution in [0.1, 0.15) is 6.42 Å². The van der Waals surface area contributed by atoms with Gasteiger partial charge in [0.25, 0.3) is 5.69 Å². The molecule has 1 atom stereocenters. The van der Waals surface area contributed by atoms with E-state index in [2.05, 4.69) is 27.2 Å². The second kappa shape index (κ2) is 8.78. The predicted molar refractivity (Wildman–Crippen MR) is 102 cm³/mol. The summed E-state index contributed by atoms with van der Waals surface area (Å²) in [5.41, 5.74) is -0.387. The van der Waals surface area contributed by atoms with Crippen LogP contribution in [-0.2, 0) is 0 Å². The number of aromatic nitrogens is 2. The lowest BCUT2D eigenvalue weighted by molar-refractivity contribution is -0.385. The molecule has 0 radical (unpaired) electrons. The number of anilines is 1. The summed E-state index contributed by atoms with van der Waals surface area (Å²) < 4.78 is 19.3. The van der Waals surface area contributed by atoms with Crippen LogP contribution in [0.15, 0.2) is 30.6 Å². The van der Waals surface area contributed by atoms with Crippen LogP contribution in [0.4, 0.5) is 20.7 Å². The summed E-state index contributed by atoms with van der Waals surface area (Å²) >= 11 is 0. The quantitative estimate of drug-likeness (QED) is 0.582. The Morgan fingerprint density at radius 3 is 2.90 bits per heavy atom. The maximum Gasteiger partial charge on any atom is 0.322 e. The van der Waals surface area contributed by atoms with Crippen molar-refractivity contribution in [1.29, 1.82) is 0 Å². The molecule has 11 heteroatoms. The molecule has 1 aliphatic heterocycles. The molecule has 2 amide bonds. The van der Waals surface area contributed by atoms with Crippen LogP contribution >= 0.6 is 0 Å². The molecule has 3 rings (SSSR count). The Hall–Kier alpha value is -3.34. The van der Waals surface area contributed by atoms with E-state index in [1.165, 1.54) is 12.4 Å². The van der Waals surface area contributed by atoms with Gasteiger partial charge in [0.15, 0.2) is 11.6 Å². The van der Waals surface area contributed by atoms with E-state index in [0.717, 1.165) is 37.7 Å². The van der Waals surface area contributed by atoms with Crippen LogP contribution in [0.5, 0.6) is 11.6 Å². The first-order valence-corrected chi connectivity index (χ1v) is 8.96. The Bertz CT molecular complexity index is 912. The minimum atomic E-state index is -0.898. The van der Waals surface area contributed by atoms with E-state index in [-0.39, 0.29) is 29.2 Å². The van der Waals surface area contributed by atoms with Gasteiger partial charge < -0.3 is 14.5 Å². The Balaban J connectivity index is 1.62. The van der Waals surface area contributed by atoms with E-state index in [0.29, 0.717) is 12.5 Å². The summed E-state index contributed by atoms with van der Waals surface area (Å²) in [5, 5.41) is 13.3. The third-order valence-corrected chi connectivity index (χ3v) is 4.59. The van der Waals surface area contributed by atoms with Crippen molar-refractivity contribution in [2.24, 2.45) is 5.92 Å². The minimum Gasteiger partial charge on any atom is -0.436 e. The highest BCUT2D eigenvalue weighted by Gasteiger charge is 2.23. The number of benzene rings is 1. The summed E-state index contributed by atoms with van der Waals surface area (Å²) in [6.07, 6.45) is 2.21. The minimum absolute atomic E-state index is 0.0110. The average Bonchev–Trinajstić information content (AvgIpc) is 3.08. The second-order valence-corrected chi connectivity index (χ2v) is 6.94. The number of amides is 2. The molecule has 1 aromatic heterocycles. The van der Waals surface area contributed by atoms with Crippen molar-refractivity contribution in [2.45, 2.75) is 6.42 Å². The molecule has 154 valence electrons. The van der Waals surface area contributed by atoms with E-state index in [4.69, 9.17) is 4.74 Å². The highest BCUT2D eigenvalue weighted by Crippen LogP contribution is 2.27. The molecule has 1 saturated heterocycles. The van der Waals surface area contributed by atoms with Gasteiger partial charge in [-0.1, -0.05) is 0 Å². The summed E-state index contributed by atoms with van der Waals surface area (Å²) in [4.78, 5) is 34.0. The first kappa shape index (κ1) is 20.4. The number of halogens is 1. The number of likely N-dealkylation sites (tertiary alicyclic amines) is 1. The number of ether oxygens (including phenoxy) is 1. The fourth-order valence-corrected chi connectivity index (χ4v) is 3.11. The molecule has 1 unspecified atom stereocenters.